The largest absolute Gasteiger partial charge is 0.356 e. The molecule has 0 bridgehead atoms. The molecule has 0 fully saturated rings. The lowest BCUT2D eigenvalue weighted by Crippen LogP contribution is -2.32. The van der Waals surface area contributed by atoms with Crippen molar-refractivity contribution in [1.29, 1.82) is 0 Å². The van der Waals surface area contributed by atoms with Crippen molar-refractivity contribution >= 4 is 33.8 Å². The van der Waals surface area contributed by atoms with Crippen molar-refractivity contribution in [1.82, 2.24) is 5.32 Å². The van der Waals surface area contributed by atoms with Gasteiger partial charge in [0.1, 0.15) is 0 Å². The van der Waals surface area contributed by atoms with Gasteiger partial charge in [0.25, 0.3) is 0 Å². The Morgan fingerprint density at radius 1 is 0.913 bits per heavy atom. The number of thiocarbonyl (C=S) groups is 1. The van der Waals surface area contributed by atoms with Gasteiger partial charge in [-0.1, -0.05) is 73.7 Å². The van der Waals surface area contributed by atoms with Gasteiger partial charge in [0.2, 0.25) is 0 Å². The Morgan fingerprint density at radius 2 is 1.61 bits per heavy atom. The van der Waals surface area contributed by atoms with Gasteiger partial charge in [0.05, 0.1) is 6.04 Å². The first-order valence-electron chi connectivity index (χ1n) is 7.88. The molecular weight excluding hydrogens is 300 g/mol. The highest BCUT2D eigenvalue weighted by Gasteiger charge is 2.10. The number of fused-ring (bicyclic) bond motifs is 1. The standard InChI is InChI=1S/C20H20N2S/c1-2-18(16-10-4-3-5-11-16)21-20(23)22-19-14-8-12-15-9-6-7-13-17(15)19/h3-14,18H,2H2,1H3,(H2,21,22,23). The van der Waals surface area contributed by atoms with Crippen LogP contribution in [0.2, 0.25) is 0 Å². The zero-order valence-corrected chi connectivity index (χ0v) is 13.9. The highest BCUT2D eigenvalue weighted by atomic mass is 32.1. The molecule has 0 amide bonds. The van der Waals surface area contributed by atoms with Crippen LogP contribution in [-0.2, 0) is 0 Å². The van der Waals surface area contributed by atoms with E-state index in [1.54, 1.807) is 0 Å². The Bertz CT molecular complexity index is 794. The first-order chi connectivity index (χ1) is 11.3. The maximum atomic E-state index is 5.52. The summed E-state index contributed by atoms with van der Waals surface area (Å²) in [6.07, 6.45) is 0.974. The summed E-state index contributed by atoms with van der Waals surface area (Å²) in [7, 11) is 0. The van der Waals surface area contributed by atoms with Crippen molar-refractivity contribution in [3.05, 3.63) is 78.4 Å². The van der Waals surface area contributed by atoms with Crippen LogP contribution in [0, 0.1) is 0 Å². The van der Waals surface area contributed by atoms with Crippen LogP contribution in [0.1, 0.15) is 24.9 Å². The zero-order chi connectivity index (χ0) is 16.1. The predicted octanol–water partition coefficient (Wildman–Crippen LogP) is 5.28. The summed E-state index contributed by atoms with van der Waals surface area (Å²) >= 11 is 5.52. The molecule has 0 aliphatic carbocycles. The molecule has 0 heterocycles. The number of nitrogens with one attached hydrogen (secondary N) is 2. The van der Waals surface area contributed by atoms with Crippen molar-refractivity contribution in [2.24, 2.45) is 0 Å². The molecule has 0 radical (unpaired) electrons. The van der Waals surface area contributed by atoms with Gasteiger partial charge in [-0.25, -0.2) is 0 Å². The van der Waals surface area contributed by atoms with Gasteiger partial charge in [-0.2, -0.15) is 0 Å². The fourth-order valence-corrected chi connectivity index (χ4v) is 3.01. The van der Waals surface area contributed by atoms with Gasteiger partial charge >= 0.3 is 0 Å². The zero-order valence-electron chi connectivity index (χ0n) is 13.1. The van der Waals surface area contributed by atoms with E-state index >= 15 is 0 Å². The van der Waals surface area contributed by atoms with Crippen molar-refractivity contribution in [3.63, 3.8) is 0 Å². The van der Waals surface area contributed by atoms with Crippen LogP contribution in [0.25, 0.3) is 10.8 Å². The maximum absolute atomic E-state index is 5.52. The van der Waals surface area contributed by atoms with Gasteiger partial charge in [-0.3, -0.25) is 0 Å². The van der Waals surface area contributed by atoms with Crippen LogP contribution >= 0.6 is 12.2 Å². The third kappa shape index (κ3) is 3.69. The van der Waals surface area contributed by atoms with Crippen molar-refractivity contribution < 1.29 is 0 Å². The van der Waals surface area contributed by atoms with Crippen molar-refractivity contribution in [2.75, 3.05) is 5.32 Å². The molecule has 0 saturated heterocycles. The molecule has 1 unspecified atom stereocenters. The molecule has 3 aromatic rings. The molecule has 116 valence electrons. The van der Waals surface area contributed by atoms with E-state index in [-0.39, 0.29) is 6.04 Å². The highest BCUT2D eigenvalue weighted by Crippen LogP contribution is 2.23. The number of benzene rings is 3. The molecule has 0 saturated carbocycles. The molecular formula is C20H20N2S. The summed E-state index contributed by atoms with van der Waals surface area (Å²) in [4.78, 5) is 0. The molecule has 0 aromatic heterocycles. The van der Waals surface area contributed by atoms with E-state index in [0.29, 0.717) is 5.11 Å². The molecule has 23 heavy (non-hydrogen) atoms. The summed E-state index contributed by atoms with van der Waals surface area (Å²) in [6, 6.07) is 25.1. The van der Waals surface area contributed by atoms with Crippen LogP contribution in [0.3, 0.4) is 0 Å². The predicted molar refractivity (Wildman–Crippen MR) is 103 cm³/mol. The van der Waals surface area contributed by atoms with Gasteiger partial charge < -0.3 is 10.6 Å². The van der Waals surface area contributed by atoms with E-state index < -0.39 is 0 Å². The SMILES string of the molecule is CCC(NC(=S)Nc1cccc2ccccc12)c1ccccc1. The summed E-state index contributed by atoms with van der Waals surface area (Å²) in [5, 5.41) is 9.78. The lowest BCUT2D eigenvalue weighted by atomic mass is 10.1. The first-order valence-corrected chi connectivity index (χ1v) is 8.29. The van der Waals surface area contributed by atoms with E-state index in [4.69, 9.17) is 12.2 Å². The Morgan fingerprint density at radius 3 is 2.39 bits per heavy atom. The van der Waals surface area contributed by atoms with Crippen LogP contribution in [0.15, 0.2) is 72.8 Å². The molecule has 0 aliphatic heterocycles. The molecule has 3 aromatic carbocycles. The third-order valence-corrected chi connectivity index (χ3v) is 4.17. The molecule has 0 spiro atoms. The minimum absolute atomic E-state index is 0.214. The normalized spacial score (nSPS) is 11.9. The van der Waals surface area contributed by atoms with Gasteiger partial charge in [-0.15, -0.1) is 0 Å². The summed E-state index contributed by atoms with van der Waals surface area (Å²) in [5.74, 6) is 0. The number of hydrogen-bond donors (Lipinski definition) is 2. The Labute approximate surface area is 142 Å². The van der Waals surface area contributed by atoms with E-state index in [0.717, 1.165) is 12.1 Å². The van der Waals surface area contributed by atoms with Gasteiger partial charge in [0.15, 0.2) is 5.11 Å². The monoisotopic (exact) mass is 320 g/mol. The van der Waals surface area contributed by atoms with Crippen LogP contribution in [0.5, 0.6) is 0 Å². The smallest absolute Gasteiger partial charge is 0.171 e. The van der Waals surface area contributed by atoms with Gasteiger partial charge in [0, 0.05) is 11.1 Å². The second kappa shape index (κ2) is 7.25. The quantitative estimate of drug-likeness (QED) is 0.640. The Hall–Kier alpha value is -2.39. The summed E-state index contributed by atoms with van der Waals surface area (Å²) < 4.78 is 0. The van der Waals surface area contributed by atoms with E-state index in [1.165, 1.54) is 16.3 Å². The average Bonchev–Trinajstić information content (AvgIpc) is 2.61. The fraction of sp³-hybridized carbons (Fsp3) is 0.150. The maximum Gasteiger partial charge on any atom is 0.171 e. The Kier molecular flexibility index (Phi) is 4.89. The third-order valence-electron chi connectivity index (χ3n) is 3.95. The lowest BCUT2D eigenvalue weighted by Gasteiger charge is -2.20. The molecule has 3 rings (SSSR count). The van der Waals surface area contributed by atoms with Crippen molar-refractivity contribution in [3.8, 4) is 0 Å². The number of anilines is 1. The Balaban J connectivity index is 1.76. The summed E-state index contributed by atoms with van der Waals surface area (Å²) in [5.41, 5.74) is 2.28. The van der Waals surface area contributed by atoms with E-state index in [2.05, 4.69) is 66.1 Å². The minimum atomic E-state index is 0.214. The minimum Gasteiger partial charge on any atom is -0.356 e. The molecule has 2 N–H and O–H groups in total. The van der Waals surface area contributed by atoms with Crippen LogP contribution in [0.4, 0.5) is 5.69 Å². The number of rotatable bonds is 4. The molecule has 3 heteroatoms. The summed E-state index contributed by atoms with van der Waals surface area (Å²) in [6.45, 7) is 2.16. The van der Waals surface area contributed by atoms with E-state index in [1.807, 2.05) is 24.3 Å². The molecule has 2 nitrogen and oxygen atoms in total. The highest BCUT2D eigenvalue weighted by molar-refractivity contribution is 7.80. The molecule has 0 aliphatic rings. The molecule has 1 atom stereocenters. The number of hydrogen-bond acceptors (Lipinski definition) is 1. The van der Waals surface area contributed by atoms with Crippen molar-refractivity contribution in [2.45, 2.75) is 19.4 Å². The topological polar surface area (TPSA) is 24.1 Å². The second-order valence-corrected chi connectivity index (χ2v) is 5.90. The lowest BCUT2D eigenvalue weighted by molar-refractivity contribution is 0.629. The van der Waals surface area contributed by atoms with Crippen LogP contribution < -0.4 is 10.6 Å². The fourth-order valence-electron chi connectivity index (χ4n) is 2.76. The van der Waals surface area contributed by atoms with Crippen LogP contribution in [-0.4, -0.2) is 5.11 Å². The average molecular weight is 320 g/mol. The second-order valence-electron chi connectivity index (χ2n) is 5.50. The first kappa shape index (κ1) is 15.5. The van der Waals surface area contributed by atoms with Gasteiger partial charge in [-0.05, 0) is 35.7 Å². The van der Waals surface area contributed by atoms with E-state index in [9.17, 15) is 0 Å².